The van der Waals surface area contributed by atoms with E-state index in [1.165, 1.54) is 0 Å². The second-order valence-corrected chi connectivity index (χ2v) is 5.37. The van der Waals surface area contributed by atoms with Crippen LogP contribution in [-0.2, 0) is 4.74 Å². The topological polar surface area (TPSA) is 78.6 Å². The van der Waals surface area contributed by atoms with Crippen LogP contribution < -0.4 is 10.4 Å². The third-order valence-electron chi connectivity index (χ3n) is 3.17. The van der Waals surface area contributed by atoms with Gasteiger partial charge in [0, 0.05) is 5.56 Å². The lowest BCUT2D eigenvalue weighted by Gasteiger charge is -2.08. The van der Waals surface area contributed by atoms with E-state index in [1.54, 1.807) is 62.4 Å². The molecule has 0 unspecified atom stereocenters. The monoisotopic (exact) mass is 325 g/mol. The fourth-order valence-corrected chi connectivity index (χ4v) is 2.12. The fourth-order valence-electron chi connectivity index (χ4n) is 2.12. The number of hydrogen-bond acceptors (Lipinski definition) is 6. The van der Waals surface area contributed by atoms with Gasteiger partial charge in [0.25, 0.3) is 0 Å². The Labute approximate surface area is 137 Å². The highest BCUT2D eigenvalue weighted by molar-refractivity contribution is 5.78. The Balaban J connectivity index is 1.86. The van der Waals surface area contributed by atoms with Crippen molar-refractivity contribution in [1.29, 1.82) is 0 Å². The zero-order valence-electron chi connectivity index (χ0n) is 13.2. The fraction of sp³-hybridized carbons (Fsp3) is 0.167. The van der Waals surface area contributed by atoms with E-state index in [4.69, 9.17) is 13.9 Å². The first-order chi connectivity index (χ1) is 11.5. The number of ether oxygens (including phenoxy) is 2. The van der Waals surface area contributed by atoms with E-state index >= 15 is 0 Å². The highest BCUT2D eigenvalue weighted by Crippen LogP contribution is 2.22. The van der Waals surface area contributed by atoms with Crippen molar-refractivity contribution in [2.75, 3.05) is 0 Å². The highest BCUT2D eigenvalue weighted by atomic mass is 16.7. The molecule has 122 valence electrons. The van der Waals surface area contributed by atoms with Gasteiger partial charge in [0.2, 0.25) is 5.89 Å². The van der Waals surface area contributed by atoms with Gasteiger partial charge in [-0.2, -0.15) is 0 Å². The molecular formula is C18H15NO5. The zero-order valence-corrected chi connectivity index (χ0v) is 13.2. The van der Waals surface area contributed by atoms with E-state index in [-0.39, 0.29) is 12.0 Å². The number of aromatic nitrogens is 1. The van der Waals surface area contributed by atoms with Crippen LogP contribution in [0.5, 0.6) is 5.75 Å². The van der Waals surface area contributed by atoms with Crippen molar-refractivity contribution >= 4 is 17.1 Å². The molecule has 0 radical (unpaired) electrons. The van der Waals surface area contributed by atoms with E-state index in [1.807, 2.05) is 0 Å². The van der Waals surface area contributed by atoms with Gasteiger partial charge in [0.1, 0.15) is 5.75 Å². The van der Waals surface area contributed by atoms with Gasteiger partial charge in [0.05, 0.1) is 17.0 Å². The molecule has 24 heavy (non-hydrogen) atoms. The number of carbonyl (C=O) groups excluding carboxylic acids is 1. The van der Waals surface area contributed by atoms with Crippen molar-refractivity contribution in [3.63, 3.8) is 0 Å². The Morgan fingerprint density at radius 3 is 2.50 bits per heavy atom. The molecule has 1 heterocycles. The van der Waals surface area contributed by atoms with E-state index < -0.39 is 11.8 Å². The predicted molar refractivity (Wildman–Crippen MR) is 88.0 cm³/mol. The molecule has 0 aliphatic carbocycles. The van der Waals surface area contributed by atoms with E-state index in [0.29, 0.717) is 22.2 Å². The summed E-state index contributed by atoms with van der Waals surface area (Å²) in [6, 6.07) is 13.4. The summed E-state index contributed by atoms with van der Waals surface area (Å²) in [4.78, 5) is 27.8. The van der Waals surface area contributed by atoms with Crippen molar-refractivity contribution in [1.82, 2.24) is 4.98 Å². The normalized spacial score (nSPS) is 10.8. The number of hydrogen-bond donors (Lipinski definition) is 0. The van der Waals surface area contributed by atoms with Crippen LogP contribution in [0.2, 0.25) is 0 Å². The van der Waals surface area contributed by atoms with Gasteiger partial charge in [0.15, 0.2) is 0 Å². The highest BCUT2D eigenvalue weighted by Gasteiger charge is 2.11. The summed E-state index contributed by atoms with van der Waals surface area (Å²) < 4.78 is 15.2. The minimum Gasteiger partial charge on any atom is -0.431 e. The lowest BCUT2D eigenvalue weighted by atomic mass is 10.2. The van der Waals surface area contributed by atoms with Crippen molar-refractivity contribution < 1.29 is 18.7 Å². The Bertz CT molecular complexity index is 928. The van der Waals surface area contributed by atoms with Crippen LogP contribution >= 0.6 is 0 Å². The van der Waals surface area contributed by atoms with Crippen LogP contribution in [0.15, 0.2) is 57.7 Å². The minimum absolute atomic E-state index is 0.204. The first-order valence-electron chi connectivity index (χ1n) is 7.42. The molecule has 2 aromatic carbocycles. The molecule has 0 aliphatic rings. The van der Waals surface area contributed by atoms with Crippen LogP contribution in [0.3, 0.4) is 0 Å². The molecule has 0 N–H and O–H groups in total. The Hall–Kier alpha value is -3.15. The standard InChI is InChI=1S/C18H15NO5/c1-11(2)22-18(21)23-13-9-7-12(8-10-13)16-19-15-6-4-3-5-14(15)17(20)24-16/h3-11H,1-2H3. The molecule has 0 fully saturated rings. The molecule has 0 amide bonds. The van der Waals surface area contributed by atoms with Crippen molar-refractivity contribution in [3.05, 3.63) is 59.0 Å². The summed E-state index contributed by atoms with van der Waals surface area (Å²) in [5.41, 5.74) is 0.712. The number of para-hydroxylation sites is 1. The van der Waals surface area contributed by atoms with Gasteiger partial charge in [-0.15, -0.1) is 0 Å². The molecule has 0 spiro atoms. The van der Waals surface area contributed by atoms with Crippen LogP contribution in [0.25, 0.3) is 22.4 Å². The molecule has 3 aromatic rings. The lowest BCUT2D eigenvalue weighted by Crippen LogP contribution is -2.15. The smallest absolute Gasteiger partial charge is 0.431 e. The molecule has 6 nitrogen and oxygen atoms in total. The van der Waals surface area contributed by atoms with Crippen LogP contribution in [0.4, 0.5) is 4.79 Å². The summed E-state index contributed by atoms with van der Waals surface area (Å²) in [5.74, 6) is 0.530. The first-order valence-corrected chi connectivity index (χ1v) is 7.42. The molecule has 0 atom stereocenters. The van der Waals surface area contributed by atoms with Gasteiger partial charge in [-0.05, 0) is 50.2 Å². The number of carbonyl (C=O) groups is 1. The maximum atomic E-state index is 12.0. The van der Waals surface area contributed by atoms with Crippen molar-refractivity contribution in [3.8, 4) is 17.2 Å². The number of benzene rings is 2. The van der Waals surface area contributed by atoms with E-state index in [9.17, 15) is 9.59 Å². The molecule has 0 saturated carbocycles. The lowest BCUT2D eigenvalue weighted by molar-refractivity contribution is 0.0729. The summed E-state index contributed by atoms with van der Waals surface area (Å²) in [7, 11) is 0. The average Bonchev–Trinajstić information content (AvgIpc) is 2.54. The SMILES string of the molecule is CC(C)OC(=O)Oc1ccc(-c2nc3ccccc3c(=O)o2)cc1. The van der Waals surface area contributed by atoms with Gasteiger partial charge < -0.3 is 13.9 Å². The second kappa shape index (κ2) is 6.54. The number of fused-ring (bicyclic) bond motifs is 1. The predicted octanol–water partition coefficient (Wildman–Crippen LogP) is 3.78. The van der Waals surface area contributed by atoms with Gasteiger partial charge in [-0.1, -0.05) is 12.1 Å². The quantitative estimate of drug-likeness (QED) is 0.538. The molecule has 6 heteroatoms. The second-order valence-electron chi connectivity index (χ2n) is 5.37. The summed E-state index contributed by atoms with van der Waals surface area (Å²) in [6.07, 6.45) is -1.03. The Morgan fingerprint density at radius 2 is 1.79 bits per heavy atom. The van der Waals surface area contributed by atoms with Crippen LogP contribution in [0, 0.1) is 0 Å². The Morgan fingerprint density at radius 1 is 1.08 bits per heavy atom. The van der Waals surface area contributed by atoms with Crippen molar-refractivity contribution in [2.45, 2.75) is 20.0 Å². The summed E-state index contributed by atoms with van der Waals surface area (Å²) in [5, 5.41) is 0.428. The van der Waals surface area contributed by atoms with E-state index in [2.05, 4.69) is 4.98 Å². The summed E-state index contributed by atoms with van der Waals surface area (Å²) in [6.45, 7) is 3.47. The minimum atomic E-state index is -0.770. The third kappa shape index (κ3) is 3.43. The molecule has 0 saturated heterocycles. The first kappa shape index (κ1) is 15.7. The molecule has 1 aromatic heterocycles. The van der Waals surface area contributed by atoms with E-state index in [0.717, 1.165) is 0 Å². The maximum Gasteiger partial charge on any atom is 0.514 e. The van der Waals surface area contributed by atoms with Gasteiger partial charge in [-0.25, -0.2) is 14.6 Å². The van der Waals surface area contributed by atoms with Crippen LogP contribution in [0.1, 0.15) is 13.8 Å². The van der Waals surface area contributed by atoms with Crippen LogP contribution in [-0.4, -0.2) is 17.2 Å². The summed E-state index contributed by atoms with van der Waals surface area (Å²) >= 11 is 0. The largest absolute Gasteiger partial charge is 0.514 e. The third-order valence-corrected chi connectivity index (χ3v) is 3.17. The molecule has 3 rings (SSSR count). The molecule has 0 aliphatic heterocycles. The molecule has 0 bridgehead atoms. The Kier molecular flexibility index (Phi) is 4.29. The zero-order chi connectivity index (χ0) is 17.1. The van der Waals surface area contributed by atoms with Gasteiger partial charge >= 0.3 is 11.8 Å². The molecular weight excluding hydrogens is 310 g/mol. The number of nitrogens with zero attached hydrogens (tertiary/aromatic N) is 1. The number of rotatable bonds is 3. The van der Waals surface area contributed by atoms with Gasteiger partial charge in [-0.3, -0.25) is 0 Å². The van der Waals surface area contributed by atoms with Crippen molar-refractivity contribution in [2.24, 2.45) is 0 Å². The average molecular weight is 325 g/mol. The maximum absolute atomic E-state index is 12.0.